The van der Waals surface area contributed by atoms with Crippen molar-refractivity contribution in [2.24, 2.45) is 0 Å². The van der Waals surface area contributed by atoms with E-state index in [1.54, 1.807) is 36.7 Å². The van der Waals surface area contributed by atoms with Gasteiger partial charge in [-0.25, -0.2) is 0 Å². The zero-order chi connectivity index (χ0) is 13.0. The zero-order valence-electron chi connectivity index (χ0n) is 9.98. The summed E-state index contributed by atoms with van der Waals surface area (Å²) < 4.78 is 0. The third-order valence-electron chi connectivity index (χ3n) is 2.61. The fraction of sp³-hybridized carbons (Fsp3) is 0.143. The van der Waals surface area contributed by atoms with Gasteiger partial charge in [-0.3, -0.25) is 9.78 Å². The van der Waals surface area contributed by atoms with Gasteiger partial charge in [0.2, 0.25) is 0 Å². The lowest BCUT2D eigenvalue weighted by atomic mass is 10.0. The molecule has 0 saturated heterocycles. The molecule has 1 amide bonds. The molecule has 0 aliphatic heterocycles. The number of amides is 1. The number of rotatable bonds is 3. The topological polar surface area (TPSA) is 42.0 Å². The molecule has 0 spiro atoms. The molecule has 0 radical (unpaired) electrons. The van der Waals surface area contributed by atoms with Gasteiger partial charge < -0.3 is 5.32 Å². The van der Waals surface area contributed by atoms with Crippen LogP contribution in [-0.2, 0) is 6.42 Å². The van der Waals surface area contributed by atoms with Crippen LogP contribution in [0.25, 0.3) is 0 Å². The molecule has 0 bridgehead atoms. The number of aryl methyl sites for hydroxylation is 1. The van der Waals surface area contributed by atoms with Crippen LogP contribution in [-0.4, -0.2) is 10.9 Å². The maximum absolute atomic E-state index is 12.1. The molecule has 1 aromatic heterocycles. The van der Waals surface area contributed by atoms with E-state index in [2.05, 4.69) is 10.3 Å². The Hall–Kier alpha value is -1.87. The summed E-state index contributed by atoms with van der Waals surface area (Å²) in [6, 6.07) is 8.86. The van der Waals surface area contributed by atoms with Crippen molar-refractivity contribution >= 4 is 23.2 Å². The fourth-order valence-corrected chi connectivity index (χ4v) is 1.91. The van der Waals surface area contributed by atoms with E-state index in [1.165, 1.54) is 0 Å². The Morgan fingerprint density at radius 1 is 1.39 bits per heavy atom. The minimum Gasteiger partial charge on any atom is -0.321 e. The third-order valence-corrected chi connectivity index (χ3v) is 2.85. The average molecular weight is 261 g/mol. The second-order valence-electron chi connectivity index (χ2n) is 3.85. The van der Waals surface area contributed by atoms with Crippen molar-refractivity contribution in [1.82, 2.24) is 4.98 Å². The number of benzene rings is 1. The lowest BCUT2D eigenvalue weighted by molar-refractivity contribution is 0.102. The van der Waals surface area contributed by atoms with Crippen LogP contribution >= 0.6 is 11.6 Å². The van der Waals surface area contributed by atoms with Gasteiger partial charge in [0, 0.05) is 16.8 Å². The van der Waals surface area contributed by atoms with Crippen LogP contribution < -0.4 is 5.32 Å². The highest BCUT2D eigenvalue weighted by atomic mass is 35.5. The maximum Gasteiger partial charge on any atom is 0.255 e. The molecular weight excluding hydrogens is 248 g/mol. The second kappa shape index (κ2) is 5.65. The van der Waals surface area contributed by atoms with Gasteiger partial charge >= 0.3 is 0 Å². The smallest absolute Gasteiger partial charge is 0.255 e. The third kappa shape index (κ3) is 2.87. The van der Waals surface area contributed by atoms with Crippen LogP contribution in [0, 0.1) is 0 Å². The van der Waals surface area contributed by atoms with Crippen LogP contribution in [0.2, 0.25) is 5.02 Å². The SMILES string of the molecule is CCc1cc(Cl)ccc1C(=O)Nc1cccnc1. The van der Waals surface area contributed by atoms with Crippen LogP contribution in [0.1, 0.15) is 22.8 Å². The molecule has 0 saturated carbocycles. The highest BCUT2D eigenvalue weighted by Crippen LogP contribution is 2.18. The minimum atomic E-state index is -0.142. The normalized spacial score (nSPS) is 10.1. The first-order valence-corrected chi connectivity index (χ1v) is 6.08. The van der Waals surface area contributed by atoms with Crippen LogP contribution in [0.5, 0.6) is 0 Å². The summed E-state index contributed by atoms with van der Waals surface area (Å²) in [5.41, 5.74) is 2.26. The number of hydrogen-bond donors (Lipinski definition) is 1. The molecule has 18 heavy (non-hydrogen) atoms. The predicted octanol–water partition coefficient (Wildman–Crippen LogP) is 3.55. The Kier molecular flexibility index (Phi) is 3.95. The van der Waals surface area contributed by atoms with Gasteiger partial charge in [0.1, 0.15) is 0 Å². The lowest BCUT2D eigenvalue weighted by Gasteiger charge is -2.09. The van der Waals surface area contributed by atoms with Gasteiger partial charge in [0.15, 0.2) is 0 Å². The van der Waals surface area contributed by atoms with Crippen molar-refractivity contribution in [1.29, 1.82) is 0 Å². The van der Waals surface area contributed by atoms with E-state index in [0.29, 0.717) is 16.3 Å². The molecule has 0 unspecified atom stereocenters. The quantitative estimate of drug-likeness (QED) is 0.917. The number of halogens is 1. The molecular formula is C14H13ClN2O. The molecule has 92 valence electrons. The number of hydrogen-bond acceptors (Lipinski definition) is 2. The van der Waals surface area contributed by atoms with Gasteiger partial charge in [-0.15, -0.1) is 0 Å². The van der Waals surface area contributed by atoms with E-state index in [1.807, 2.05) is 13.0 Å². The summed E-state index contributed by atoms with van der Waals surface area (Å²) in [6.45, 7) is 1.99. The van der Waals surface area contributed by atoms with Gasteiger partial charge in [-0.1, -0.05) is 18.5 Å². The maximum atomic E-state index is 12.1. The Bertz CT molecular complexity index is 555. The van der Waals surface area contributed by atoms with E-state index in [4.69, 9.17) is 11.6 Å². The summed E-state index contributed by atoms with van der Waals surface area (Å²) in [5.74, 6) is -0.142. The molecule has 0 aliphatic carbocycles. The lowest BCUT2D eigenvalue weighted by Crippen LogP contribution is -2.14. The van der Waals surface area contributed by atoms with E-state index >= 15 is 0 Å². The second-order valence-corrected chi connectivity index (χ2v) is 4.29. The molecule has 3 nitrogen and oxygen atoms in total. The molecule has 0 fully saturated rings. The van der Waals surface area contributed by atoms with Crippen molar-refractivity contribution in [3.05, 3.63) is 58.9 Å². The Morgan fingerprint density at radius 2 is 2.22 bits per heavy atom. The Balaban J connectivity index is 2.24. The summed E-state index contributed by atoms with van der Waals surface area (Å²) >= 11 is 5.92. The number of nitrogens with one attached hydrogen (secondary N) is 1. The van der Waals surface area contributed by atoms with Crippen molar-refractivity contribution in [2.45, 2.75) is 13.3 Å². The number of pyridine rings is 1. The first kappa shape index (κ1) is 12.6. The Morgan fingerprint density at radius 3 is 2.89 bits per heavy atom. The van der Waals surface area contributed by atoms with Gasteiger partial charge in [-0.2, -0.15) is 0 Å². The molecule has 1 heterocycles. The molecule has 2 rings (SSSR count). The molecule has 0 aliphatic rings. The number of anilines is 1. The van der Waals surface area contributed by atoms with E-state index in [9.17, 15) is 4.79 Å². The first-order valence-electron chi connectivity index (χ1n) is 5.70. The highest BCUT2D eigenvalue weighted by Gasteiger charge is 2.10. The average Bonchev–Trinajstić information content (AvgIpc) is 2.39. The van der Waals surface area contributed by atoms with E-state index in [-0.39, 0.29) is 5.91 Å². The van der Waals surface area contributed by atoms with Gasteiger partial charge in [0.25, 0.3) is 5.91 Å². The summed E-state index contributed by atoms with van der Waals surface area (Å²) in [5, 5.41) is 3.45. The van der Waals surface area contributed by atoms with Gasteiger partial charge in [-0.05, 0) is 42.3 Å². The van der Waals surface area contributed by atoms with Crippen LogP contribution in [0.4, 0.5) is 5.69 Å². The molecule has 1 N–H and O–H groups in total. The van der Waals surface area contributed by atoms with E-state index < -0.39 is 0 Å². The fourth-order valence-electron chi connectivity index (χ4n) is 1.71. The van der Waals surface area contributed by atoms with Crippen molar-refractivity contribution in [2.75, 3.05) is 5.32 Å². The molecule has 1 aromatic carbocycles. The Labute approximate surface area is 111 Å². The van der Waals surface area contributed by atoms with E-state index in [0.717, 1.165) is 12.0 Å². The minimum absolute atomic E-state index is 0.142. The molecule has 2 aromatic rings. The number of nitrogens with zero attached hydrogens (tertiary/aromatic N) is 1. The monoisotopic (exact) mass is 260 g/mol. The summed E-state index contributed by atoms with van der Waals surface area (Å²) in [6.07, 6.45) is 4.03. The van der Waals surface area contributed by atoms with Crippen LogP contribution in [0.3, 0.4) is 0 Å². The predicted molar refractivity (Wildman–Crippen MR) is 73.0 cm³/mol. The van der Waals surface area contributed by atoms with Gasteiger partial charge in [0.05, 0.1) is 11.9 Å². The number of carbonyl (C=O) groups excluding carboxylic acids is 1. The largest absolute Gasteiger partial charge is 0.321 e. The standard InChI is InChI=1S/C14H13ClN2O/c1-2-10-8-11(15)5-6-13(10)14(18)17-12-4-3-7-16-9-12/h3-9H,2H2,1H3,(H,17,18). The number of aromatic nitrogens is 1. The first-order chi connectivity index (χ1) is 8.70. The highest BCUT2D eigenvalue weighted by molar-refractivity contribution is 6.30. The summed E-state index contributed by atoms with van der Waals surface area (Å²) in [7, 11) is 0. The molecule has 0 atom stereocenters. The van der Waals surface area contributed by atoms with Crippen molar-refractivity contribution in [3.8, 4) is 0 Å². The molecule has 4 heteroatoms. The number of carbonyl (C=O) groups is 1. The van der Waals surface area contributed by atoms with Crippen molar-refractivity contribution in [3.63, 3.8) is 0 Å². The zero-order valence-corrected chi connectivity index (χ0v) is 10.7. The van der Waals surface area contributed by atoms with Crippen molar-refractivity contribution < 1.29 is 4.79 Å². The van der Waals surface area contributed by atoms with Crippen LogP contribution in [0.15, 0.2) is 42.7 Å². The summed E-state index contributed by atoms with van der Waals surface area (Å²) in [4.78, 5) is 16.1.